The maximum atomic E-state index is 10.8. The van der Waals surface area contributed by atoms with E-state index in [2.05, 4.69) is 37.9 Å². The molecule has 0 aromatic heterocycles. The molecule has 0 aromatic rings. The third kappa shape index (κ3) is 8.82. The first kappa shape index (κ1) is 23.5. The summed E-state index contributed by atoms with van der Waals surface area (Å²) < 4.78 is 7.36. The van der Waals surface area contributed by atoms with Crippen LogP contribution in [0.2, 0.25) is 13.3 Å². The molecule has 1 rings (SSSR count). The van der Waals surface area contributed by atoms with Crippen molar-refractivity contribution in [3.8, 4) is 0 Å². The van der Waals surface area contributed by atoms with Gasteiger partial charge in [0.1, 0.15) is 0 Å². The molecule has 0 spiro atoms. The van der Waals surface area contributed by atoms with Gasteiger partial charge in [0.05, 0.1) is 0 Å². The Morgan fingerprint density at radius 3 is 1.80 bits per heavy atom. The monoisotopic (exact) mass is 458 g/mol. The van der Waals surface area contributed by atoms with Gasteiger partial charge in [0.15, 0.2) is 0 Å². The van der Waals surface area contributed by atoms with Crippen molar-refractivity contribution in [2.75, 3.05) is 0 Å². The molecule has 25 heavy (non-hydrogen) atoms. The third-order valence-corrected chi connectivity index (χ3v) is 20.6. The van der Waals surface area contributed by atoms with Crippen molar-refractivity contribution in [3.63, 3.8) is 0 Å². The minimum atomic E-state index is -2.17. The maximum absolute atomic E-state index is 10.8. The number of aliphatic hydroxyl groups is 1. The van der Waals surface area contributed by atoms with E-state index in [1.54, 1.807) is 0 Å². The fourth-order valence-corrected chi connectivity index (χ4v) is 19.2. The number of aliphatic hydroxyl groups excluding tert-OH is 1. The Hall–Kier alpha value is 0.499. The fourth-order valence-electron chi connectivity index (χ4n) is 4.59. The molecule has 1 nitrogen and oxygen atoms in total. The molecule has 1 saturated carbocycles. The molecular formula is C23H46OSn. The van der Waals surface area contributed by atoms with Gasteiger partial charge in [-0.3, -0.25) is 0 Å². The average molecular weight is 457 g/mol. The molecular weight excluding hydrogens is 411 g/mol. The molecule has 1 N–H and O–H groups in total. The van der Waals surface area contributed by atoms with Gasteiger partial charge in [-0.2, -0.15) is 0 Å². The second kappa shape index (κ2) is 13.6. The summed E-state index contributed by atoms with van der Waals surface area (Å²) in [4.78, 5) is 0. The first-order chi connectivity index (χ1) is 12.1. The van der Waals surface area contributed by atoms with Crippen molar-refractivity contribution in [1.82, 2.24) is 0 Å². The van der Waals surface area contributed by atoms with Crippen LogP contribution >= 0.6 is 0 Å². The number of unbranched alkanes of at least 4 members (excludes halogenated alkanes) is 3. The molecule has 2 atom stereocenters. The minimum absolute atomic E-state index is 0.107. The zero-order valence-corrected chi connectivity index (χ0v) is 20.6. The van der Waals surface area contributed by atoms with Crippen LogP contribution in [0.4, 0.5) is 0 Å². The zero-order chi connectivity index (χ0) is 18.5. The Kier molecular flexibility index (Phi) is 12.8. The Balaban J connectivity index is 2.77. The molecule has 0 aromatic carbocycles. The van der Waals surface area contributed by atoms with Gasteiger partial charge in [0.2, 0.25) is 0 Å². The van der Waals surface area contributed by atoms with Crippen molar-refractivity contribution < 1.29 is 5.11 Å². The van der Waals surface area contributed by atoms with Crippen LogP contribution in [0.15, 0.2) is 10.2 Å². The standard InChI is InChI=1S/C11H19O.3C4H9.Sn/c1-3-9(2)11(12)10-7-5-4-6-8-10;3*1-3-4-2;/h1,3,9-12H,4-8H2,2H3;3*1,3-4H2,2H3;/t9-,11-;;;;/m0..../s1. The van der Waals surface area contributed by atoms with Crippen LogP contribution in [0.3, 0.4) is 0 Å². The predicted octanol–water partition coefficient (Wildman–Crippen LogP) is 7.51. The molecule has 1 aliphatic rings. The molecule has 0 saturated heterocycles. The van der Waals surface area contributed by atoms with Gasteiger partial charge < -0.3 is 0 Å². The van der Waals surface area contributed by atoms with Crippen molar-refractivity contribution in [2.45, 2.75) is 118 Å². The summed E-state index contributed by atoms with van der Waals surface area (Å²) in [5.41, 5.74) is 0. The summed E-state index contributed by atoms with van der Waals surface area (Å²) in [6.07, 6.45) is 17.2. The van der Waals surface area contributed by atoms with Gasteiger partial charge in [0.25, 0.3) is 0 Å². The first-order valence-corrected chi connectivity index (χ1v) is 19.2. The van der Waals surface area contributed by atoms with Gasteiger partial charge in [0, 0.05) is 0 Å². The van der Waals surface area contributed by atoms with Crippen molar-refractivity contribution >= 4 is 18.4 Å². The van der Waals surface area contributed by atoms with E-state index in [9.17, 15) is 5.11 Å². The fraction of sp³-hybridized carbons (Fsp3) is 0.913. The normalized spacial score (nSPS) is 19.4. The zero-order valence-electron chi connectivity index (χ0n) is 17.7. The molecule has 0 bridgehead atoms. The van der Waals surface area contributed by atoms with Crippen LogP contribution in [-0.2, 0) is 0 Å². The van der Waals surface area contributed by atoms with E-state index in [-0.39, 0.29) is 6.10 Å². The van der Waals surface area contributed by atoms with E-state index < -0.39 is 18.4 Å². The van der Waals surface area contributed by atoms with Crippen LogP contribution in [0, 0.1) is 11.8 Å². The third-order valence-electron chi connectivity index (χ3n) is 6.51. The summed E-state index contributed by atoms with van der Waals surface area (Å²) in [6.45, 7) is 9.30. The van der Waals surface area contributed by atoms with Gasteiger partial charge in [-0.1, -0.05) is 0 Å². The average Bonchev–Trinajstić information content (AvgIpc) is 2.66. The number of hydrogen-bond donors (Lipinski definition) is 1. The van der Waals surface area contributed by atoms with E-state index in [1.165, 1.54) is 83.9 Å². The second-order valence-electron chi connectivity index (χ2n) is 8.78. The first-order valence-electron chi connectivity index (χ1n) is 11.5. The Labute approximate surface area is 162 Å². The molecule has 2 heteroatoms. The van der Waals surface area contributed by atoms with E-state index in [0.717, 1.165) is 0 Å². The summed E-state index contributed by atoms with van der Waals surface area (Å²) in [7, 11) is 0. The predicted molar refractivity (Wildman–Crippen MR) is 116 cm³/mol. The van der Waals surface area contributed by atoms with E-state index in [4.69, 9.17) is 0 Å². The van der Waals surface area contributed by atoms with Gasteiger partial charge in [-0.25, -0.2) is 0 Å². The second-order valence-corrected chi connectivity index (χ2v) is 21.8. The Morgan fingerprint density at radius 1 is 0.880 bits per heavy atom. The van der Waals surface area contributed by atoms with Gasteiger partial charge >= 0.3 is 163 Å². The van der Waals surface area contributed by atoms with Crippen LogP contribution in [0.5, 0.6) is 0 Å². The summed E-state index contributed by atoms with van der Waals surface area (Å²) >= 11 is -2.17. The van der Waals surface area contributed by atoms with Crippen LogP contribution in [0.25, 0.3) is 0 Å². The van der Waals surface area contributed by atoms with E-state index >= 15 is 0 Å². The number of hydrogen-bond acceptors (Lipinski definition) is 1. The molecule has 0 aliphatic heterocycles. The molecule has 0 amide bonds. The molecule has 0 heterocycles. The Morgan fingerprint density at radius 2 is 1.36 bits per heavy atom. The number of rotatable bonds is 13. The van der Waals surface area contributed by atoms with Crippen LogP contribution < -0.4 is 0 Å². The van der Waals surface area contributed by atoms with Gasteiger partial charge in [-0.05, 0) is 0 Å². The molecule has 1 fully saturated rings. The quantitative estimate of drug-likeness (QED) is 0.284. The molecule has 148 valence electrons. The van der Waals surface area contributed by atoms with Gasteiger partial charge in [-0.15, -0.1) is 0 Å². The van der Waals surface area contributed by atoms with E-state index in [0.29, 0.717) is 11.8 Å². The van der Waals surface area contributed by atoms with Crippen molar-refractivity contribution in [3.05, 3.63) is 10.2 Å². The van der Waals surface area contributed by atoms with E-state index in [1.807, 2.05) is 0 Å². The molecule has 0 unspecified atom stereocenters. The summed E-state index contributed by atoms with van der Waals surface area (Å²) in [5, 5.41) is 10.8. The molecule has 1 aliphatic carbocycles. The topological polar surface area (TPSA) is 20.2 Å². The van der Waals surface area contributed by atoms with Crippen LogP contribution in [0.1, 0.15) is 98.3 Å². The van der Waals surface area contributed by atoms with Crippen LogP contribution in [-0.4, -0.2) is 29.6 Å². The summed E-state index contributed by atoms with van der Waals surface area (Å²) in [6, 6.07) is 0. The van der Waals surface area contributed by atoms with Crippen molar-refractivity contribution in [1.29, 1.82) is 0 Å². The SMILES string of the molecule is CCC[CH2][Sn](/[CH]=C/[C@H](C)[C@H](O)C1CCCCC1)([CH2]CCC)[CH2]CCC. The molecule has 0 radical (unpaired) electrons. The summed E-state index contributed by atoms with van der Waals surface area (Å²) in [5.74, 6) is 0.906. The Bertz CT molecular complexity index is 324. The van der Waals surface area contributed by atoms with Crippen molar-refractivity contribution in [2.24, 2.45) is 11.8 Å².